The summed E-state index contributed by atoms with van der Waals surface area (Å²) in [5.74, 6) is 0. The summed E-state index contributed by atoms with van der Waals surface area (Å²) in [6, 6.07) is 0. The Bertz CT molecular complexity index is 150. The fraction of sp³-hybridized carbons (Fsp3) is 1.00. The van der Waals surface area contributed by atoms with Gasteiger partial charge in [0.15, 0.2) is 6.10 Å². The van der Waals surface area contributed by atoms with Crippen molar-refractivity contribution in [1.29, 1.82) is 0 Å². The van der Waals surface area contributed by atoms with Gasteiger partial charge in [0.2, 0.25) is 0 Å². The molecule has 0 spiro atoms. The van der Waals surface area contributed by atoms with E-state index >= 15 is 0 Å². The van der Waals surface area contributed by atoms with Crippen LogP contribution in [0.4, 0.5) is 13.2 Å². The molecule has 0 aliphatic rings. The molecule has 0 aliphatic heterocycles. The number of halogens is 3. The van der Waals surface area contributed by atoms with Crippen LogP contribution in [-0.4, -0.2) is 43.2 Å². The second-order valence-corrected chi connectivity index (χ2v) is 3.18. The third kappa shape index (κ3) is 7.11. The largest absolute Gasteiger partial charge is 0.415 e. The van der Waals surface area contributed by atoms with E-state index in [-0.39, 0.29) is 6.10 Å². The molecule has 0 amide bonds. The summed E-state index contributed by atoms with van der Waals surface area (Å²) in [4.78, 5) is 0. The van der Waals surface area contributed by atoms with Gasteiger partial charge in [0, 0.05) is 13.1 Å². The van der Waals surface area contributed by atoms with Crippen molar-refractivity contribution in [2.75, 3.05) is 19.7 Å². The SMILES string of the molecule is CC(C)OCCNCC(O)C(F)(F)F. The highest BCUT2D eigenvalue weighted by atomic mass is 19.4. The van der Waals surface area contributed by atoms with Crippen LogP contribution in [0.15, 0.2) is 0 Å². The zero-order valence-electron chi connectivity index (χ0n) is 8.27. The molecule has 0 aromatic carbocycles. The first-order valence-electron chi connectivity index (χ1n) is 4.41. The van der Waals surface area contributed by atoms with Gasteiger partial charge in [0.05, 0.1) is 12.7 Å². The lowest BCUT2D eigenvalue weighted by molar-refractivity contribution is -0.201. The molecule has 0 heterocycles. The molecule has 1 atom stereocenters. The van der Waals surface area contributed by atoms with E-state index < -0.39 is 18.8 Å². The van der Waals surface area contributed by atoms with Gasteiger partial charge in [-0.2, -0.15) is 13.2 Å². The van der Waals surface area contributed by atoms with Crippen LogP contribution in [0, 0.1) is 0 Å². The van der Waals surface area contributed by atoms with Gasteiger partial charge in [-0.3, -0.25) is 0 Å². The predicted molar refractivity (Wildman–Crippen MR) is 46.0 cm³/mol. The zero-order valence-corrected chi connectivity index (χ0v) is 8.27. The van der Waals surface area contributed by atoms with E-state index in [0.29, 0.717) is 13.2 Å². The van der Waals surface area contributed by atoms with Crippen molar-refractivity contribution in [2.45, 2.75) is 32.2 Å². The van der Waals surface area contributed by atoms with Crippen molar-refractivity contribution in [3.63, 3.8) is 0 Å². The van der Waals surface area contributed by atoms with Crippen LogP contribution in [0.2, 0.25) is 0 Å². The van der Waals surface area contributed by atoms with Crippen LogP contribution in [0.5, 0.6) is 0 Å². The molecule has 0 fully saturated rings. The Hall–Kier alpha value is -0.330. The van der Waals surface area contributed by atoms with Crippen molar-refractivity contribution in [2.24, 2.45) is 0 Å². The van der Waals surface area contributed by atoms with Gasteiger partial charge in [-0.25, -0.2) is 0 Å². The van der Waals surface area contributed by atoms with Crippen molar-refractivity contribution in [3.05, 3.63) is 0 Å². The summed E-state index contributed by atoms with van der Waals surface area (Å²) >= 11 is 0. The first kappa shape index (κ1) is 13.7. The Kier molecular flexibility index (Phi) is 6.06. The Morgan fingerprint density at radius 3 is 2.36 bits per heavy atom. The van der Waals surface area contributed by atoms with Crippen molar-refractivity contribution in [3.8, 4) is 0 Å². The van der Waals surface area contributed by atoms with Gasteiger partial charge in [-0.15, -0.1) is 0 Å². The van der Waals surface area contributed by atoms with E-state index in [2.05, 4.69) is 5.32 Å². The second kappa shape index (κ2) is 6.21. The molecule has 0 radical (unpaired) electrons. The first-order valence-corrected chi connectivity index (χ1v) is 4.41. The van der Waals surface area contributed by atoms with Gasteiger partial charge in [-0.1, -0.05) is 0 Å². The molecule has 0 rings (SSSR count). The van der Waals surface area contributed by atoms with Crippen LogP contribution in [-0.2, 0) is 4.74 Å². The van der Waals surface area contributed by atoms with Crippen LogP contribution in [0.3, 0.4) is 0 Å². The number of rotatable bonds is 6. The molecule has 0 saturated heterocycles. The zero-order chi connectivity index (χ0) is 11.2. The molecule has 86 valence electrons. The summed E-state index contributed by atoms with van der Waals surface area (Å²) in [6.07, 6.45) is -6.79. The van der Waals surface area contributed by atoms with Crippen molar-refractivity contribution in [1.82, 2.24) is 5.32 Å². The molecule has 0 aromatic heterocycles. The van der Waals surface area contributed by atoms with Crippen molar-refractivity contribution < 1.29 is 23.0 Å². The molecule has 14 heavy (non-hydrogen) atoms. The minimum atomic E-state index is -4.55. The second-order valence-electron chi connectivity index (χ2n) is 3.18. The normalized spacial score (nSPS) is 14.8. The van der Waals surface area contributed by atoms with Crippen LogP contribution >= 0.6 is 0 Å². The summed E-state index contributed by atoms with van der Waals surface area (Å²) in [6.45, 7) is 3.81. The highest BCUT2D eigenvalue weighted by molar-refractivity contribution is 4.67. The Balaban J connectivity index is 3.37. The molecule has 3 nitrogen and oxygen atoms in total. The smallest absolute Gasteiger partial charge is 0.382 e. The van der Waals surface area contributed by atoms with Crippen molar-refractivity contribution >= 4 is 0 Å². The lowest BCUT2D eigenvalue weighted by atomic mass is 10.3. The van der Waals surface area contributed by atoms with E-state index in [1.807, 2.05) is 13.8 Å². The molecule has 2 N–H and O–H groups in total. The minimum Gasteiger partial charge on any atom is -0.382 e. The lowest BCUT2D eigenvalue weighted by Crippen LogP contribution is -2.39. The Labute approximate surface area is 81.2 Å². The van der Waals surface area contributed by atoms with E-state index in [9.17, 15) is 13.2 Å². The van der Waals surface area contributed by atoms with Gasteiger partial charge in [0.25, 0.3) is 0 Å². The van der Waals surface area contributed by atoms with Gasteiger partial charge >= 0.3 is 6.18 Å². The third-order valence-corrected chi connectivity index (χ3v) is 1.45. The average molecular weight is 215 g/mol. The number of hydrogen-bond acceptors (Lipinski definition) is 3. The number of alkyl halides is 3. The van der Waals surface area contributed by atoms with E-state index in [1.165, 1.54) is 0 Å². The maximum absolute atomic E-state index is 11.8. The molecular weight excluding hydrogens is 199 g/mol. The lowest BCUT2D eigenvalue weighted by Gasteiger charge is -2.15. The first-order chi connectivity index (χ1) is 6.34. The van der Waals surface area contributed by atoms with Crippen LogP contribution in [0.1, 0.15) is 13.8 Å². The summed E-state index contributed by atoms with van der Waals surface area (Å²) in [5.41, 5.74) is 0. The maximum atomic E-state index is 11.8. The van der Waals surface area contributed by atoms with Gasteiger partial charge in [-0.05, 0) is 13.8 Å². The highest BCUT2D eigenvalue weighted by Crippen LogP contribution is 2.18. The Morgan fingerprint density at radius 1 is 1.36 bits per heavy atom. The van der Waals surface area contributed by atoms with E-state index in [4.69, 9.17) is 9.84 Å². The predicted octanol–water partition coefficient (Wildman–Crippen LogP) is 0.924. The molecule has 0 bridgehead atoms. The summed E-state index contributed by atoms with van der Waals surface area (Å²) in [5, 5.41) is 11.0. The topological polar surface area (TPSA) is 41.5 Å². The van der Waals surface area contributed by atoms with Gasteiger partial charge in [0.1, 0.15) is 0 Å². The number of hydrogen-bond donors (Lipinski definition) is 2. The average Bonchev–Trinajstić information content (AvgIpc) is 2.01. The number of aliphatic hydroxyl groups is 1. The van der Waals surface area contributed by atoms with Gasteiger partial charge < -0.3 is 15.2 Å². The Morgan fingerprint density at radius 2 is 1.93 bits per heavy atom. The maximum Gasteiger partial charge on any atom is 0.415 e. The highest BCUT2D eigenvalue weighted by Gasteiger charge is 2.37. The molecule has 0 aliphatic carbocycles. The fourth-order valence-corrected chi connectivity index (χ4v) is 0.721. The van der Waals surface area contributed by atoms with E-state index in [1.54, 1.807) is 0 Å². The third-order valence-electron chi connectivity index (χ3n) is 1.45. The summed E-state index contributed by atoms with van der Waals surface area (Å²) in [7, 11) is 0. The minimum absolute atomic E-state index is 0.0596. The van der Waals surface area contributed by atoms with E-state index in [0.717, 1.165) is 0 Å². The molecule has 0 aromatic rings. The van der Waals surface area contributed by atoms with Crippen LogP contribution in [0.25, 0.3) is 0 Å². The quantitative estimate of drug-likeness (QED) is 0.647. The molecular formula is C8H16F3NO2. The number of aliphatic hydroxyl groups excluding tert-OH is 1. The fourth-order valence-electron chi connectivity index (χ4n) is 0.721. The number of nitrogens with one attached hydrogen (secondary N) is 1. The standard InChI is InChI=1S/C8H16F3NO2/c1-6(2)14-4-3-12-5-7(13)8(9,10)11/h6-7,12-13H,3-5H2,1-2H3. The number of ether oxygens (including phenoxy) is 1. The monoisotopic (exact) mass is 215 g/mol. The molecule has 0 saturated carbocycles. The summed E-state index contributed by atoms with van der Waals surface area (Å²) < 4.78 is 40.4. The molecule has 6 heteroatoms. The van der Waals surface area contributed by atoms with Crippen LogP contribution < -0.4 is 5.32 Å². The molecule has 1 unspecified atom stereocenters.